The van der Waals surface area contributed by atoms with Crippen LogP contribution in [-0.4, -0.2) is 37.4 Å². The van der Waals surface area contributed by atoms with Crippen LogP contribution in [0.4, 0.5) is 5.69 Å². The first-order valence-electron chi connectivity index (χ1n) is 7.52. The SMILES string of the molecule is CN(C)C(=O)Cc1ccc(NC(=O)COc2cc(Cl)ccc2Cl)cc1. The molecule has 0 bridgehead atoms. The predicted octanol–water partition coefficient (Wildman–Crippen LogP) is 3.64. The molecule has 0 heterocycles. The lowest BCUT2D eigenvalue weighted by Crippen LogP contribution is -2.23. The summed E-state index contributed by atoms with van der Waals surface area (Å²) in [5.74, 6) is 0.0404. The summed E-state index contributed by atoms with van der Waals surface area (Å²) in [5.41, 5.74) is 1.49. The highest BCUT2D eigenvalue weighted by atomic mass is 35.5. The van der Waals surface area contributed by atoms with Crippen molar-refractivity contribution in [2.75, 3.05) is 26.0 Å². The third-order valence-electron chi connectivity index (χ3n) is 3.34. The average Bonchev–Trinajstić information content (AvgIpc) is 2.57. The van der Waals surface area contributed by atoms with Crippen molar-refractivity contribution in [1.82, 2.24) is 4.90 Å². The number of nitrogens with one attached hydrogen (secondary N) is 1. The van der Waals surface area contributed by atoms with E-state index >= 15 is 0 Å². The number of rotatable bonds is 6. The smallest absolute Gasteiger partial charge is 0.262 e. The van der Waals surface area contributed by atoms with Crippen LogP contribution in [0.25, 0.3) is 0 Å². The Morgan fingerprint density at radius 2 is 1.76 bits per heavy atom. The summed E-state index contributed by atoms with van der Waals surface area (Å²) in [7, 11) is 3.42. The first kappa shape index (κ1) is 19.1. The van der Waals surface area contributed by atoms with Gasteiger partial charge in [-0.15, -0.1) is 0 Å². The van der Waals surface area contributed by atoms with Gasteiger partial charge in [-0.25, -0.2) is 0 Å². The molecule has 1 N–H and O–H groups in total. The number of anilines is 1. The molecule has 0 aliphatic rings. The van der Waals surface area contributed by atoms with Crippen LogP contribution in [0.5, 0.6) is 5.75 Å². The van der Waals surface area contributed by atoms with E-state index in [0.717, 1.165) is 5.56 Å². The largest absolute Gasteiger partial charge is 0.482 e. The van der Waals surface area contributed by atoms with Gasteiger partial charge in [0.2, 0.25) is 5.91 Å². The zero-order chi connectivity index (χ0) is 18.4. The molecule has 2 amide bonds. The minimum Gasteiger partial charge on any atom is -0.482 e. The van der Waals surface area contributed by atoms with Gasteiger partial charge in [0.25, 0.3) is 5.91 Å². The highest BCUT2D eigenvalue weighted by molar-refractivity contribution is 6.34. The van der Waals surface area contributed by atoms with E-state index in [4.69, 9.17) is 27.9 Å². The number of benzene rings is 2. The molecule has 2 aromatic rings. The third-order valence-corrected chi connectivity index (χ3v) is 3.89. The van der Waals surface area contributed by atoms with E-state index in [1.54, 1.807) is 56.6 Å². The van der Waals surface area contributed by atoms with E-state index in [1.807, 2.05) is 0 Å². The fourth-order valence-corrected chi connectivity index (χ4v) is 2.30. The number of ether oxygens (including phenoxy) is 1. The number of hydrogen-bond donors (Lipinski definition) is 1. The van der Waals surface area contributed by atoms with Gasteiger partial charge in [-0.1, -0.05) is 35.3 Å². The Morgan fingerprint density at radius 1 is 1.08 bits per heavy atom. The first-order chi connectivity index (χ1) is 11.8. The maximum atomic E-state index is 12.0. The van der Waals surface area contributed by atoms with E-state index < -0.39 is 0 Å². The van der Waals surface area contributed by atoms with Crippen LogP contribution in [0.3, 0.4) is 0 Å². The molecule has 7 heteroatoms. The number of hydrogen-bond acceptors (Lipinski definition) is 3. The van der Waals surface area contributed by atoms with Gasteiger partial charge >= 0.3 is 0 Å². The van der Waals surface area contributed by atoms with Gasteiger partial charge in [0.15, 0.2) is 6.61 Å². The summed E-state index contributed by atoms with van der Waals surface area (Å²) in [6.07, 6.45) is 0.317. The van der Waals surface area contributed by atoms with Crippen LogP contribution >= 0.6 is 23.2 Å². The van der Waals surface area contributed by atoms with E-state index in [-0.39, 0.29) is 18.4 Å². The first-order valence-corrected chi connectivity index (χ1v) is 8.27. The number of carbonyl (C=O) groups excluding carboxylic acids is 2. The average molecular weight is 381 g/mol. The van der Waals surface area contributed by atoms with Crippen molar-refractivity contribution >= 4 is 40.7 Å². The molecule has 0 spiro atoms. The lowest BCUT2D eigenvalue weighted by Gasteiger charge is -2.11. The Morgan fingerprint density at radius 3 is 2.40 bits per heavy atom. The molecule has 0 aromatic heterocycles. The van der Waals surface area contributed by atoms with Gasteiger partial charge in [0.1, 0.15) is 5.75 Å². The highest BCUT2D eigenvalue weighted by Gasteiger charge is 2.08. The molecule has 2 rings (SSSR count). The molecule has 0 unspecified atom stereocenters. The van der Waals surface area contributed by atoms with Crippen molar-refractivity contribution < 1.29 is 14.3 Å². The van der Waals surface area contributed by atoms with Gasteiger partial charge in [0.05, 0.1) is 11.4 Å². The van der Waals surface area contributed by atoms with Crippen LogP contribution in [0.1, 0.15) is 5.56 Å². The Kier molecular flexibility index (Phi) is 6.67. The fourth-order valence-electron chi connectivity index (χ4n) is 1.97. The second kappa shape index (κ2) is 8.74. The number of amides is 2. The summed E-state index contributed by atoms with van der Waals surface area (Å²) in [4.78, 5) is 25.2. The van der Waals surface area contributed by atoms with Crippen LogP contribution in [0.15, 0.2) is 42.5 Å². The topological polar surface area (TPSA) is 58.6 Å². The van der Waals surface area contributed by atoms with E-state index in [2.05, 4.69) is 5.32 Å². The van der Waals surface area contributed by atoms with Gasteiger partial charge in [-0.3, -0.25) is 9.59 Å². The van der Waals surface area contributed by atoms with E-state index in [0.29, 0.717) is 27.9 Å². The maximum absolute atomic E-state index is 12.0. The fraction of sp³-hybridized carbons (Fsp3) is 0.222. The Hall–Kier alpha value is -2.24. The maximum Gasteiger partial charge on any atom is 0.262 e. The summed E-state index contributed by atoms with van der Waals surface area (Å²) in [6, 6.07) is 11.9. The van der Waals surface area contributed by atoms with Crippen LogP contribution in [0, 0.1) is 0 Å². The lowest BCUT2D eigenvalue weighted by atomic mass is 10.1. The number of halogens is 2. The molecule has 0 aliphatic heterocycles. The number of likely N-dealkylation sites (N-methyl/N-ethyl adjacent to an activating group) is 1. The predicted molar refractivity (Wildman–Crippen MR) is 99.4 cm³/mol. The number of carbonyl (C=O) groups is 2. The Labute approximate surface area is 156 Å². The monoisotopic (exact) mass is 380 g/mol. The Bertz CT molecular complexity index is 761. The van der Waals surface area contributed by atoms with E-state index in [9.17, 15) is 9.59 Å². The zero-order valence-electron chi connectivity index (χ0n) is 13.9. The van der Waals surface area contributed by atoms with Gasteiger partial charge < -0.3 is 15.0 Å². The van der Waals surface area contributed by atoms with Gasteiger partial charge in [-0.05, 0) is 29.8 Å². The zero-order valence-corrected chi connectivity index (χ0v) is 15.4. The normalized spacial score (nSPS) is 10.2. The second-order valence-electron chi connectivity index (χ2n) is 5.57. The van der Waals surface area contributed by atoms with Crippen LogP contribution in [-0.2, 0) is 16.0 Å². The van der Waals surface area contributed by atoms with E-state index in [1.165, 1.54) is 4.90 Å². The van der Waals surface area contributed by atoms with Crippen molar-refractivity contribution in [3.05, 3.63) is 58.1 Å². The minimum atomic E-state index is -0.326. The number of nitrogens with zero attached hydrogens (tertiary/aromatic N) is 1. The van der Waals surface area contributed by atoms with Crippen molar-refractivity contribution in [2.45, 2.75) is 6.42 Å². The quantitative estimate of drug-likeness (QED) is 0.831. The third kappa shape index (κ3) is 5.96. The molecular weight excluding hydrogens is 363 g/mol. The summed E-state index contributed by atoms with van der Waals surface area (Å²) >= 11 is 11.8. The van der Waals surface area contributed by atoms with Crippen molar-refractivity contribution in [2.24, 2.45) is 0 Å². The minimum absolute atomic E-state index is 0.0172. The van der Waals surface area contributed by atoms with Crippen molar-refractivity contribution in [3.63, 3.8) is 0 Å². The standard InChI is InChI=1S/C18H18Cl2N2O3/c1-22(2)18(24)9-12-3-6-14(7-4-12)21-17(23)11-25-16-10-13(19)5-8-15(16)20/h3-8,10H,9,11H2,1-2H3,(H,21,23). The van der Waals surface area contributed by atoms with Gasteiger partial charge in [0, 0.05) is 30.9 Å². The molecule has 0 radical (unpaired) electrons. The second-order valence-corrected chi connectivity index (χ2v) is 6.42. The molecule has 0 atom stereocenters. The molecular formula is C18H18Cl2N2O3. The summed E-state index contributed by atoms with van der Waals surface area (Å²) in [6.45, 7) is -0.194. The molecule has 0 fully saturated rings. The van der Waals surface area contributed by atoms with Crippen molar-refractivity contribution in [3.8, 4) is 5.75 Å². The molecule has 2 aromatic carbocycles. The Balaban J connectivity index is 1.88. The molecule has 25 heavy (non-hydrogen) atoms. The van der Waals surface area contributed by atoms with Crippen LogP contribution < -0.4 is 10.1 Å². The highest BCUT2D eigenvalue weighted by Crippen LogP contribution is 2.27. The molecule has 0 saturated heterocycles. The molecule has 0 saturated carbocycles. The van der Waals surface area contributed by atoms with Crippen LogP contribution in [0.2, 0.25) is 10.0 Å². The summed E-state index contributed by atoms with van der Waals surface area (Å²) < 4.78 is 5.38. The molecule has 0 aliphatic carbocycles. The van der Waals surface area contributed by atoms with Gasteiger partial charge in [-0.2, -0.15) is 0 Å². The molecule has 132 valence electrons. The summed E-state index contributed by atoms with van der Waals surface area (Å²) in [5, 5.41) is 3.57. The lowest BCUT2D eigenvalue weighted by molar-refractivity contribution is -0.128. The molecule has 5 nitrogen and oxygen atoms in total. The van der Waals surface area contributed by atoms with Crippen molar-refractivity contribution in [1.29, 1.82) is 0 Å².